The first-order chi connectivity index (χ1) is 16.6. The first kappa shape index (κ1) is 22.5. The summed E-state index contributed by atoms with van der Waals surface area (Å²) in [5, 5.41) is 0. The first-order valence-corrected chi connectivity index (χ1v) is 12.2. The van der Waals surface area contributed by atoms with E-state index >= 15 is 0 Å². The van der Waals surface area contributed by atoms with E-state index in [1.54, 1.807) is 7.11 Å². The molecule has 5 rings (SSSR count). The predicted octanol–water partition coefficient (Wildman–Crippen LogP) is 5.80. The molecule has 0 N–H and O–H groups in total. The maximum absolute atomic E-state index is 12.9. The lowest BCUT2D eigenvalue weighted by Gasteiger charge is -2.19. The third-order valence-electron chi connectivity index (χ3n) is 6.15. The number of para-hydroxylation sites is 3. The van der Waals surface area contributed by atoms with Crippen LogP contribution in [0.5, 0.6) is 11.5 Å². The summed E-state index contributed by atoms with van der Waals surface area (Å²) in [5.74, 6) is 2.69. The standard InChI is InChI=1S/C27H26BrN3O3/c1-33-20-8-6-9-21(17-20)34-15-7-14-30-25-13-5-3-11-23(25)29-27(30)19-16-26(32)31(18-19)24-12-4-2-10-22(24)28/h2-6,8-13,17,19H,7,14-16,18H2,1H3. The summed E-state index contributed by atoms with van der Waals surface area (Å²) in [5.41, 5.74) is 2.95. The van der Waals surface area contributed by atoms with E-state index in [-0.39, 0.29) is 11.8 Å². The maximum Gasteiger partial charge on any atom is 0.227 e. The molecule has 0 aliphatic carbocycles. The van der Waals surface area contributed by atoms with Crippen molar-refractivity contribution in [2.24, 2.45) is 0 Å². The molecule has 0 saturated carbocycles. The number of carbonyl (C=O) groups excluding carboxylic acids is 1. The maximum atomic E-state index is 12.9. The van der Waals surface area contributed by atoms with E-state index in [0.29, 0.717) is 19.6 Å². The summed E-state index contributed by atoms with van der Waals surface area (Å²) in [6, 6.07) is 23.7. The van der Waals surface area contributed by atoms with Crippen LogP contribution in [-0.4, -0.2) is 35.7 Å². The van der Waals surface area contributed by atoms with Gasteiger partial charge in [-0.3, -0.25) is 4.79 Å². The highest BCUT2D eigenvalue weighted by Crippen LogP contribution is 2.36. The second kappa shape index (κ2) is 9.89. The molecule has 4 aromatic rings. The smallest absolute Gasteiger partial charge is 0.227 e. The number of fused-ring (bicyclic) bond motifs is 1. The number of benzene rings is 3. The van der Waals surface area contributed by atoms with Crippen molar-refractivity contribution >= 4 is 38.6 Å². The molecular weight excluding hydrogens is 494 g/mol. The molecule has 174 valence electrons. The lowest BCUT2D eigenvalue weighted by atomic mass is 10.1. The van der Waals surface area contributed by atoms with Crippen LogP contribution in [-0.2, 0) is 11.3 Å². The fraction of sp³-hybridized carbons (Fsp3) is 0.259. The number of ether oxygens (including phenoxy) is 2. The van der Waals surface area contributed by atoms with E-state index in [1.807, 2.05) is 71.6 Å². The lowest BCUT2D eigenvalue weighted by Crippen LogP contribution is -2.25. The molecule has 2 heterocycles. The van der Waals surface area contributed by atoms with E-state index in [0.717, 1.165) is 51.5 Å². The number of imidazole rings is 1. The van der Waals surface area contributed by atoms with Crippen LogP contribution in [0, 0.1) is 0 Å². The topological polar surface area (TPSA) is 56.6 Å². The number of aromatic nitrogens is 2. The fourth-order valence-corrected chi connectivity index (χ4v) is 5.03. The van der Waals surface area contributed by atoms with Crippen molar-refractivity contribution in [3.05, 3.63) is 83.1 Å². The Morgan fingerprint density at radius 2 is 1.82 bits per heavy atom. The quantitative estimate of drug-likeness (QED) is 0.276. The monoisotopic (exact) mass is 519 g/mol. The third kappa shape index (κ3) is 4.53. The molecule has 0 spiro atoms. The number of methoxy groups -OCH3 is 1. The average molecular weight is 520 g/mol. The highest BCUT2D eigenvalue weighted by Gasteiger charge is 2.35. The fourth-order valence-electron chi connectivity index (χ4n) is 4.53. The molecule has 6 nitrogen and oxygen atoms in total. The predicted molar refractivity (Wildman–Crippen MR) is 137 cm³/mol. The van der Waals surface area contributed by atoms with Crippen LogP contribution in [0.3, 0.4) is 0 Å². The van der Waals surface area contributed by atoms with E-state index in [4.69, 9.17) is 14.5 Å². The summed E-state index contributed by atoms with van der Waals surface area (Å²) in [7, 11) is 1.65. The Morgan fingerprint density at radius 1 is 1.03 bits per heavy atom. The summed E-state index contributed by atoms with van der Waals surface area (Å²) >= 11 is 3.59. The summed E-state index contributed by atoms with van der Waals surface area (Å²) in [6.07, 6.45) is 1.27. The molecule has 1 unspecified atom stereocenters. The third-order valence-corrected chi connectivity index (χ3v) is 6.82. The zero-order valence-corrected chi connectivity index (χ0v) is 20.6. The molecule has 1 aliphatic rings. The number of hydrogen-bond acceptors (Lipinski definition) is 4. The van der Waals surface area contributed by atoms with Crippen molar-refractivity contribution < 1.29 is 14.3 Å². The molecule has 1 atom stereocenters. The Labute approximate surface area is 207 Å². The Bertz CT molecular complexity index is 1320. The van der Waals surface area contributed by atoms with Crippen molar-refractivity contribution in [1.82, 2.24) is 9.55 Å². The van der Waals surface area contributed by atoms with Gasteiger partial charge in [-0.1, -0.05) is 30.3 Å². The summed E-state index contributed by atoms with van der Waals surface area (Å²) in [4.78, 5) is 19.8. The SMILES string of the molecule is COc1cccc(OCCCn2c(C3CC(=O)N(c4ccccc4Br)C3)nc3ccccc32)c1. The molecule has 1 saturated heterocycles. The Hall–Kier alpha value is -3.32. The van der Waals surface area contributed by atoms with Gasteiger partial charge >= 0.3 is 0 Å². The molecule has 34 heavy (non-hydrogen) atoms. The summed E-state index contributed by atoms with van der Waals surface area (Å²) in [6.45, 7) is 1.95. The number of carbonyl (C=O) groups is 1. The van der Waals surface area contributed by atoms with Crippen molar-refractivity contribution in [3.8, 4) is 11.5 Å². The number of anilines is 1. The second-order valence-electron chi connectivity index (χ2n) is 8.35. The van der Waals surface area contributed by atoms with Crippen LogP contribution in [0.15, 0.2) is 77.3 Å². The highest BCUT2D eigenvalue weighted by atomic mass is 79.9. The zero-order valence-electron chi connectivity index (χ0n) is 19.0. The van der Waals surface area contributed by atoms with Gasteiger partial charge in [-0.25, -0.2) is 4.98 Å². The van der Waals surface area contributed by atoms with Crippen molar-refractivity contribution in [2.75, 3.05) is 25.2 Å². The average Bonchev–Trinajstić information content (AvgIpc) is 3.42. The van der Waals surface area contributed by atoms with Crippen LogP contribution >= 0.6 is 15.9 Å². The van der Waals surface area contributed by atoms with Crippen molar-refractivity contribution in [1.29, 1.82) is 0 Å². The zero-order chi connectivity index (χ0) is 23.5. The largest absolute Gasteiger partial charge is 0.497 e. The van der Waals surface area contributed by atoms with E-state index in [1.165, 1.54) is 0 Å². The molecule has 0 bridgehead atoms. The number of halogens is 1. The molecule has 3 aromatic carbocycles. The highest BCUT2D eigenvalue weighted by molar-refractivity contribution is 9.10. The van der Waals surface area contributed by atoms with Gasteiger partial charge in [0.2, 0.25) is 5.91 Å². The molecular formula is C27H26BrN3O3. The molecule has 1 aliphatic heterocycles. The van der Waals surface area contributed by atoms with Gasteiger partial charge in [0.1, 0.15) is 17.3 Å². The van der Waals surface area contributed by atoms with Crippen LogP contribution in [0.2, 0.25) is 0 Å². The van der Waals surface area contributed by atoms with Gasteiger partial charge in [0.15, 0.2) is 0 Å². The van der Waals surface area contributed by atoms with Gasteiger partial charge in [-0.15, -0.1) is 0 Å². The van der Waals surface area contributed by atoms with Gasteiger partial charge in [-0.2, -0.15) is 0 Å². The molecule has 7 heteroatoms. The minimum atomic E-state index is 0.0336. The summed E-state index contributed by atoms with van der Waals surface area (Å²) < 4.78 is 14.4. The van der Waals surface area contributed by atoms with Gasteiger partial charge in [0.05, 0.1) is 30.4 Å². The Kier molecular flexibility index (Phi) is 6.54. The number of rotatable bonds is 8. The van der Waals surface area contributed by atoms with Gasteiger partial charge in [0.25, 0.3) is 0 Å². The van der Waals surface area contributed by atoms with Crippen LogP contribution in [0.1, 0.15) is 24.6 Å². The van der Waals surface area contributed by atoms with Gasteiger partial charge in [0, 0.05) is 36.0 Å². The van der Waals surface area contributed by atoms with E-state index in [2.05, 4.69) is 26.6 Å². The van der Waals surface area contributed by atoms with Crippen LogP contribution < -0.4 is 14.4 Å². The molecule has 0 radical (unpaired) electrons. The number of nitrogens with zero attached hydrogens (tertiary/aromatic N) is 3. The lowest BCUT2D eigenvalue weighted by molar-refractivity contribution is -0.117. The molecule has 1 fully saturated rings. The van der Waals surface area contributed by atoms with Crippen LogP contribution in [0.25, 0.3) is 11.0 Å². The number of hydrogen-bond donors (Lipinski definition) is 0. The number of aryl methyl sites for hydroxylation is 1. The minimum absolute atomic E-state index is 0.0336. The molecule has 1 aromatic heterocycles. The van der Waals surface area contributed by atoms with Crippen molar-refractivity contribution in [2.45, 2.75) is 25.3 Å². The van der Waals surface area contributed by atoms with Crippen LogP contribution in [0.4, 0.5) is 5.69 Å². The van der Waals surface area contributed by atoms with E-state index in [9.17, 15) is 4.79 Å². The minimum Gasteiger partial charge on any atom is -0.497 e. The Morgan fingerprint density at radius 3 is 2.68 bits per heavy atom. The number of amides is 1. The Balaban J connectivity index is 1.34. The van der Waals surface area contributed by atoms with E-state index < -0.39 is 0 Å². The van der Waals surface area contributed by atoms with Gasteiger partial charge < -0.3 is 18.9 Å². The first-order valence-electron chi connectivity index (χ1n) is 11.4. The normalized spacial score (nSPS) is 15.8. The molecule has 1 amide bonds. The second-order valence-corrected chi connectivity index (χ2v) is 9.20. The van der Waals surface area contributed by atoms with Gasteiger partial charge in [-0.05, 0) is 58.7 Å². The van der Waals surface area contributed by atoms with Crippen molar-refractivity contribution in [3.63, 3.8) is 0 Å².